The van der Waals surface area contributed by atoms with Gasteiger partial charge >= 0.3 is 12.2 Å². The Morgan fingerprint density at radius 2 is 1.23 bits per heavy atom. The first-order valence-electron chi connectivity index (χ1n) is 7.47. The molecule has 0 rings (SSSR count). The molecule has 2 amide bonds. The monoisotopic (exact) mass is 308 g/mol. The molecule has 0 spiro atoms. The molecule has 0 unspecified atom stereocenters. The molecule has 122 valence electrons. The number of hydrogen-bond acceptors (Lipinski definition) is 4. The minimum absolute atomic E-state index is 0.420. The van der Waals surface area contributed by atoms with Gasteiger partial charge in [0.1, 0.15) is 0 Å². The molecule has 0 aliphatic heterocycles. The molecule has 2 N–H and O–H groups in total. The SMILES string of the molecule is CCCOC(=O)NCCC#CC#CCCNC(=O)OCCC. The highest BCUT2D eigenvalue weighted by molar-refractivity contribution is 5.67. The topological polar surface area (TPSA) is 76.7 Å². The molecule has 0 aliphatic rings. The van der Waals surface area contributed by atoms with Crippen molar-refractivity contribution >= 4 is 12.2 Å². The lowest BCUT2D eigenvalue weighted by atomic mass is 10.4. The van der Waals surface area contributed by atoms with Gasteiger partial charge in [-0.15, -0.1) is 0 Å². The zero-order valence-corrected chi connectivity index (χ0v) is 13.3. The van der Waals surface area contributed by atoms with E-state index < -0.39 is 12.2 Å². The Morgan fingerprint density at radius 3 is 1.59 bits per heavy atom. The van der Waals surface area contributed by atoms with Crippen LogP contribution in [0.2, 0.25) is 0 Å². The summed E-state index contributed by atoms with van der Waals surface area (Å²) in [7, 11) is 0. The molecule has 0 atom stereocenters. The van der Waals surface area contributed by atoms with Crippen molar-refractivity contribution in [2.24, 2.45) is 0 Å². The quantitative estimate of drug-likeness (QED) is 0.531. The van der Waals surface area contributed by atoms with Crippen LogP contribution < -0.4 is 10.6 Å². The van der Waals surface area contributed by atoms with Crippen molar-refractivity contribution in [3.8, 4) is 23.7 Å². The minimum atomic E-state index is -0.421. The summed E-state index contributed by atoms with van der Waals surface area (Å²) < 4.78 is 9.67. The second-order valence-electron chi connectivity index (χ2n) is 4.23. The fraction of sp³-hybridized carbons (Fsp3) is 0.625. The van der Waals surface area contributed by atoms with Crippen LogP contribution in [0.15, 0.2) is 0 Å². The standard InChI is InChI=1S/C16H24N2O4/c1-3-13-21-15(19)17-11-9-7-5-6-8-10-12-18-16(20)22-14-4-2/h3-4,9-14H2,1-2H3,(H,17,19)(H,18,20). The van der Waals surface area contributed by atoms with Crippen molar-refractivity contribution in [3.63, 3.8) is 0 Å². The number of nitrogens with one attached hydrogen (secondary N) is 2. The molecule has 0 heterocycles. The Bertz CT molecular complexity index is 399. The van der Waals surface area contributed by atoms with Crippen LogP contribution in [0.25, 0.3) is 0 Å². The predicted octanol–water partition coefficient (Wildman–Crippen LogP) is 2.05. The van der Waals surface area contributed by atoms with Crippen molar-refractivity contribution in [2.45, 2.75) is 39.5 Å². The van der Waals surface area contributed by atoms with Gasteiger partial charge in [-0.25, -0.2) is 9.59 Å². The summed E-state index contributed by atoms with van der Waals surface area (Å²) in [5.74, 6) is 11.0. The molecule has 0 aliphatic carbocycles. The Hall–Kier alpha value is -2.34. The lowest BCUT2D eigenvalue weighted by molar-refractivity contribution is 0.145. The molecule has 0 saturated carbocycles. The van der Waals surface area contributed by atoms with Crippen LogP contribution in [0.1, 0.15) is 39.5 Å². The summed E-state index contributed by atoms with van der Waals surface area (Å²) >= 11 is 0. The summed E-state index contributed by atoms with van der Waals surface area (Å²) in [5, 5.41) is 5.17. The average Bonchev–Trinajstić information content (AvgIpc) is 2.52. The number of hydrogen-bond donors (Lipinski definition) is 2. The number of alkyl carbamates (subject to hydrolysis) is 2. The fourth-order valence-corrected chi connectivity index (χ4v) is 1.16. The molecule has 0 saturated heterocycles. The molecule has 0 aromatic carbocycles. The Labute approximate surface area is 132 Å². The van der Waals surface area contributed by atoms with Crippen molar-refractivity contribution in [1.29, 1.82) is 0 Å². The van der Waals surface area contributed by atoms with E-state index in [0.717, 1.165) is 12.8 Å². The highest BCUT2D eigenvalue weighted by atomic mass is 16.6. The van der Waals surface area contributed by atoms with Gasteiger partial charge < -0.3 is 20.1 Å². The second kappa shape index (κ2) is 15.1. The summed E-state index contributed by atoms with van der Waals surface area (Å²) in [6.45, 7) is 5.57. The van der Waals surface area contributed by atoms with Crippen molar-refractivity contribution < 1.29 is 19.1 Å². The van der Waals surface area contributed by atoms with Crippen LogP contribution in [0, 0.1) is 23.7 Å². The largest absolute Gasteiger partial charge is 0.450 e. The molecule has 6 nitrogen and oxygen atoms in total. The van der Waals surface area contributed by atoms with Crippen LogP contribution in [0.3, 0.4) is 0 Å². The minimum Gasteiger partial charge on any atom is -0.450 e. The molecule has 22 heavy (non-hydrogen) atoms. The van der Waals surface area contributed by atoms with Gasteiger partial charge in [0.15, 0.2) is 0 Å². The zero-order valence-electron chi connectivity index (χ0n) is 13.3. The number of ether oxygens (including phenoxy) is 2. The van der Waals surface area contributed by atoms with Gasteiger partial charge in [0.2, 0.25) is 0 Å². The predicted molar refractivity (Wildman–Crippen MR) is 84.1 cm³/mol. The third-order valence-corrected chi connectivity index (χ3v) is 2.15. The average molecular weight is 308 g/mol. The van der Waals surface area contributed by atoms with Gasteiger partial charge in [0.05, 0.1) is 13.2 Å². The third kappa shape index (κ3) is 14.1. The first kappa shape index (κ1) is 19.7. The zero-order chi connectivity index (χ0) is 16.5. The maximum Gasteiger partial charge on any atom is 0.407 e. The first-order chi connectivity index (χ1) is 10.7. The van der Waals surface area contributed by atoms with Gasteiger partial charge in [-0.2, -0.15) is 0 Å². The van der Waals surface area contributed by atoms with Gasteiger partial charge in [-0.1, -0.05) is 25.7 Å². The molecule has 0 fully saturated rings. The Morgan fingerprint density at radius 1 is 0.818 bits per heavy atom. The van der Waals surface area contributed by atoms with E-state index >= 15 is 0 Å². The summed E-state index contributed by atoms with van der Waals surface area (Å²) in [6.07, 6.45) is 1.78. The highest BCUT2D eigenvalue weighted by Gasteiger charge is 1.98. The molecular weight excluding hydrogens is 284 g/mol. The molecular formula is C16H24N2O4. The van der Waals surface area contributed by atoms with Crippen LogP contribution in [-0.4, -0.2) is 38.5 Å². The molecule has 0 aromatic heterocycles. The third-order valence-electron chi connectivity index (χ3n) is 2.15. The highest BCUT2D eigenvalue weighted by Crippen LogP contribution is 1.83. The number of carbonyl (C=O) groups excluding carboxylic acids is 2. The van der Waals surface area contributed by atoms with Crippen LogP contribution >= 0.6 is 0 Å². The van der Waals surface area contributed by atoms with Gasteiger partial charge in [0.25, 0.3) is 0 Å². The van der Waals surface area contributed by atoms with Crippen molar-refractivity contribution in [3.05, 3.63) is 0 Å². The van der Waals surface area contributed by atoms with E-state index in [1.54, 1.807) is 0 Å². The van der Waals surface area contributed by atoms with Gasteiger partial charge in [0, 0.05) is 25.9 Å². The van der Waals surface area contributed by atoms with E-state index in [0.29, 0.717) is 39.1 Å². The summed E-state index contributed by atoms with van der Waals surface area (Å²) in [4.78, 5) is 22.2. The normalized spacial score (nSPS) is 8.64. The number of amides is 2. The van der Waals surface area contributed by atoms with E-state index in [1.807, 2.05) is 13.8 Å². The second-order valence-corrected chi connectivity index (χ2v) is 4.23. The lowest BCUT2D eigenvalue weighted by Gasteiger charge is -2.03. The van der Waals surface area contributed by atoms with E-state index in [9.17, 15) is 9.59 Å². The molecule has 0 bridgehead atoms. The van der Waals surface area contributed by atoms with Crippen LogP contribution in [-0.2, 0) is 9.47 Å². The van der Waals surface area contributed by atoms with Crippen LogP contribution in [0.4, 0.5) is 9.59 Å². The van der Waals surface area contributed by atoms with Gasteiger partial charge in [-0.3, -0.25) is 0 Å². The van der Waals surface area contributed by atoms with Crippen molar-refractivity contribution in [1.82, 2.24) is 10.6 Å². The van der Waals surface area contributed by atoms with Crippen LogP contribution in [0.5, 0.6) is 0 Å². The maximum atomic E-state index is 11.1. The smallest absolute Gasteiger partial charge is 0.407 e. The first-order valence-corrected chi connectivity index (χ1v) is 7.47. The van der Waals surface area contributed by atoms with E-state index in [2.05, 4.69) is 34.3 Å². The number of rotatable bonds is 8. The fourth-order valence-electron chi connectivity index (χ4n) is 1.16. The van der Waals surface area contributed by atoms with Gasteiger partial charge in [-0.05, 0) is 24.7 Å². The van der Waals surface area contributed by atoms with Crippen molar-refractivity contribution in [2.75, 3.05) is 26.3 Å². The van der Waals surface area contributed by atoms with E-state index in [-0.39, 0.29) is 0 Å². The molecule has 0 radical (unpaired) electrons. The molecule has 6 heteroatoms. The number of carbonyl (C=O) groups is 2. The molecule has 0 aromatic rings. The Balaban J connectivity index is 3.55. The Kier molecular flexibility index (Phi) is 13.5. The van der Waals surface area contributed by atoms with E-state index in [4.69, 9.17) is 9.47 Å². The maximum absolute atomic E-state index is 11.1. The lowest BCUT2D eigenvalue weighted by Crippen LogP contribution is -2.25. The van der Waals surface area contributed by atoms with E-state index in [1.165, 1.54) is 0 Å². The summed E-state index contributed by atoms with van der Waals surface area (Å²) in [5.41, 5.74) is 0. The summed E-state index contributed by atoms with van der Waals surface area (Å²) in [6, 6.07) is 0.